The van der Waals surface area contributed by atoms with Crippen molar-refractivity contribution in [2.75, 3.05) is 0 Å². The number of rotatable bonds is 8. The zero-order chi connectivity index (χ0) is 15.1. The molecule has 21 heavy (non-hydrogen) atoms. The van der Waals surface area contributed by atoms with Gasteiger partial charge in [0.2, 0.25) is 0 Å². The SMILES string of the molecule is CCCCC(CCC)NC(C)c1ccc2c(c1)CCCC2. The van der Waals surface area contributed by atoms with Crippen molar-refractivity contribution in [2.45, 2.75) is 90.6 Å². The van der Waals surface area contributed by atoms with Crippen LogP contribution in [0.3, 0.4) is 0 Å². The van der Waals surface area contributed by atoms with Gasteiger partial charge in [-0.1, -0.05) is 51.3 Å². The first-order valence-corrected chi connectivity index (χ1v) is 9.12. The van der Waals surface area contributed by atoms with Crippen LogP contribution in [0, 0.1) is 0 Å². The lowest BCUT2D eigenvalue weighted by Gasteiger charge is -2.25. The summed E-state index contributed by atoms with van der Waals surface area (Å²) in [6.45, 7) is 6.92. The van der Waals surface area contributed by atoms with Gasteiger partial charge in [-0.2, -0.15) is 0 Å². The number of benzene rings is 1. The molecule has 1 aromatic carbocycles. The van der Waals surface area contributed by atoms with E-state index in [4.69, 9.17) is 0 Å². The van der Waals surface area contributed by atoms with Gasteiger partial charge in [0.1, 0.15) is 0 Å². The highest BCUT2D eigenvalue weighted by Crippen LogP contribution is 2.25. The van der Waals surface area contributed by atoms with Crippen LogP contribution in [0.4, 0.5) is 0 Å². The molecule has 1 aliphatic carbocycles. The Morgan fingerprint density at radius 2 is 1.76 bits per heavy atom. The second kappa shape index (κ2) is 8.58. The number of unbranched alkanes of at least 4 members (excludes halogenated alkanes) is 1. The Labute approximate surface area is 131 Å². The Bertz CT molecular complexity index is 424. The Morgan fingerprint density at radius 1 is 1.00 bits per heavy atom. The third kappa shape index (κ3) is 4.85. The maximum Gasteiger partial charge on any atom is 0.0294 e. The highest BCUT2D eigenvalue weighted by molar-refractivity contribution is 5.35. The van der Waals surface area contributed by atoms with E-state index >= 15 is 0 Å². The van der Waals surface area contributed by atoms with Gasteiger partial charge in [-0.25, -0.2) is 0 Å². The molecule has 1 N–H and O–H groups in total. The minimum Gasteiger partial charge on any atom is -0.307 e. The van der Waals surface area contributed by atoms with E-state index in [0.29, 0.717) is 12.1 Å². The Kier molecular flexibility index (Phi) is 6.76. The predicted molar refractivity (Wildman–Crippen MR) is 92.9 cm³/mol. The van der Waals surface area contributed by atoms with Crippen LogP contribution in [0.5, 0.6) is 0 Å². The van der Waals surface area contributed by atoms with E-state index in [-0.39, 0.29) is 0 Å². The lowest BCUT2D eigenvalue weighted by Crippen LogP contribution is -2.31. The van der Waals surface area contributed by atoms with Crippen molar-refractivity contribution in [1.82, 2.24) is 5.32 Å². The minimum absolute atomic E-state index is 0.477. The van der Waals surface area contributed by atoms with E-state index < -0.39 is 0 Å². The van der Waals surface area contributed by atoms with E-state index in [2.05, 4.69) is 44.3 Å². The van der Waals surface area contributed by atoms with Crippen LogP contribution in [0.25, 0.3) is 0 Å². The molecule has 0 radical (unpaired) electrons. The molecule has 0 fully saturated rings. The van der Waals surface area contributed by atoms with Crippen LogP contribution in [0.2, 0.25) is 0 Å². The summed E-state index contributed by atoms with van der Waals surface area (Å²) < 4.78 is 0. The molecule has 0 heterocycles. The van der Waals surface area contributed by atoms with Crippen LogP contribution >= 0.6 is 0 Å². The van der Waals surface area contributed by atoms with Crippen molar-refractivity contribution in [1.29, 1.82) is 0 Å². The van der Waals surface area contributed by atoms with Gasteiger partial charge in [-0.05, 0) is 62.1 Å². The number of hydrogen-bond donors (Lipinski definition) is 1. The monoisotopic (exact) mass is 287 g/mol. The first kappa shape index (κ1) is 16.5. The molecule has 1 aromatic rings. The summed E-state index contributed by atoms with van der Waals surface area (Å²) in [5.41, 5.74) is 4.68. The molecule has 2 atom stereocenters. The topological polar surface area (TPSA) is 12.0 Å². The van der Waals surface area contributed by atoms with Crippen LogP contribution in [-0.4, -0.2) is 6.04 Å². The van der Waals surface area contributed by atoms with Gasteiger partial charge >= 0.3 is 0 Å². The second-order valence-electron chi connectivity index (χ2n) is 6.75. The van der Waals surface area contributed by atoms with Gasteiger partial charge in [0.05, 0.1) is 0 Å². The zero-order valence-corrected chi connectivity index (χ0v) is 14.3. The lowest BCUT2D eigenvalue weighted by atomic mass is 9.89. The van der Waals surface area contributed by atoms with E-state index in [1.165, 1.54) is 63.4 Å². The molecule has 0 bridgehead atoms. The molecule has 1 aliphatic rings. The van der Waals surface area contributed by atoms with Crippen LogP contribution in [-0.2, 0) is 12.8 Å². The van der Waals surface area contributed by atoms with Crippen molar-refractivity contribution in [3.8, 4) is 0 Å². The number of aryl methyl sites for hydroxylation is 2. The first-order chi connectivity index (χ1) is 10.2. The number of fused-ring (bicyclic) bond motifs is 1. The summed E-state index contributed by atoms with van der Waals surface area (Å²) >= 11 is 0. The van der Waals surface area contributed by atoms with Crippen molar-refractivity contribution in [3.63, 3.8) is 0 Å². The maximum absolute atomic E-state index is 3.88. The fourth-order valence-electron chi connectivity index (χ4n) is 3.58. The summed E-state index contributed by atoms with van der Waals surface area (Å²) in [4.78, 5) is 0. The van der Waals surface area contributed by atoms with Crippen molar-refractivity contribution < 1.29 is 0 Å². The molecule has 0 aromatic heterocycles. The summed E-state index contributed by atoms with van der Waals surface area (Å²) in [5, 5.41) is 3.88. The maximum atomic E-state index is 3.88. The summed E-state index contributed by atoms with van der Waals surface area (Å²) in [5.74, 6) is 0. The van der Waals surface area contributed by atoms with Gasteiger partial charge < -0.3 is 5.32 Å². The number of nitrogens with one attached hydrogen (secondary N) is 1. The molecular weight excluding hydrogens is 254 g/mol. The van der Waals surface area contributed by atoms with Crippen LogP contribution < -0.4 is 5.32 Å². The van der Waals surface area contributed by atoms with Crippen LogP contribution in [0.1, 0.15) is 88.4 Å². The predicted octanol–water partition coefficient (Wildman–Crippen LogP) is 5.57. The molecule has 0 saturated heterocycles. The number of hydrogen-bond acceptors (Lipinski definition) is 1. The first-order valence-electron chi connectivity index (χ1n) is 9.12. The average Bonchev–Trinajstić information content (AvgIpc) is 2.52. The molecule has 118 valence electrons. The van der Waals surface area contributed by atoms with E-state index in [1.807, 2.05) is 0 Å². The van der Waals surface area contributed by atoms with Crippen molar-refractivity contribution in [2.24, 2.45) is 0 Å². The molecule has 0 aliphatic heterocycles. The third-order valence-corrected chi connectivity index (χ3v) is 4.90. The van der Waals surface area contributed by atoms with Gasteiger partial charge in [-0.15, -0.1) is 0 Å². The molecule has 0 spiro atoms. The highest BCUT2D eigenvalue weighted by atomic mass is 14.9. The standard InChI is InChI=1S/C20H33N/c1-4-6-12-20(9-5-2)21-16(3)18-14-13-17-10-7-8-11-19(17)15-18/h13-16,20-21H,4-12H2,1-3H3. The van der Waals surface area contributed by atoms with Gasteiger partial charge in [0.15, 0.2) is 0 Å². The average molecular weight is 287 g/mol. The van der Waals surface area contributed by atoms with E-state index in [0.717, 1.165) is 0 Å². The molecule has 2 unspecified atom stereocenters. The highest BCUT2D eigenvalue weighted by Gasteiger charge is 2.15. The summed E-state index contributed by atoms with van der Waals surface area (Å²) in [6.07, 6.45) is 11.8. The summed E-state index contributed by atoms with van der Waals surface area (Å²) in [7, 11) is 0. The van der Waals surface area contributed by atoms with Crippen molar-refractivity contribution in [3.05, 3.63) is 34.9 Å². The normalized spacial score (nSPS) is 17.3. The van der Waals surface area contributed by atoms with E-state index in [9.17, 15) is 0 Å². The Balaban J connectivity index is 1.99. The minimum atomic E-state index is 0.477. The van der Waals surface area contributed by atoms with E-state index in [1.54, 1.807) is 11.1 Å². The molecule has 1 nitrogen and oxygen atoms in total. The smallest absolute Gasteiger partial charge is 0.0294 e. The molecule has 0 saturated carbocycles. The largest absolute Gasteiger partial charge is 0.307 e. The van der Waals surface area contributed by atoms with Crippen LogP contribution in [0.15, 0.2) is 18.2 Å². The third-order valence-electron chi connectivity index (χ3n) is 4.90. The Hall–Kier alpha value is -0.820. The second-order valence-corrected chi connectivity index (χ2v) is 6.75. The van der Waals surface area contributed by atoms with Crippen molar-refractivity contribution >= 4 is 0 Å². The molecular formula is C20H33N. The molecule has 2 rings (SSSR count). The zero-order valence-electron chi connectivity index (χ0n) is 14.3. The molecule has 0 amide bonds. The summed E-state index contributed by atoms with van der Waals surface area (Å²) in [6, 6.07) is 8.36. The fourth-order valence-corrected chi connectivity index (χ4v) is 3.58. The Morgan fingerprint density at radius 3 is 2.48 bits per heavy atom. The fraction of sp³-hybridized carbons (Fsp3) is 0.700. The quantitative estimate of drug-likeness (QED) is 0.658. The molecule has 1 heteroatoms. The van der Waals surface area contributed by atoms with Gasteiger partial charge in [-0.3, -0.25) is 0 Å². The van der Waals surface area contributed by atoms with Gasteiger partial charge in [0, 0.05) is 12.1 Å². The lowest BCUT2D eigenvalue weighted by molar-refractivity contribution is 0.396. The van der Waals surface area contributed by atoms with Gasteiger partial charge in [0.25, 0.3) is 0 Å².